The van der Waals surface area contributed by atoms with Gasteiger partial charge in [-0.25, -0.2) is 4.79 Å². The maximum atomic E-state index is 13.7. The van der Waals surface area contributed by atoms with E-state index in [2.05, 4.69) is 27.7 Å². The fourth-order valence-corrected chi connectivity index (χ4v) is 7.55. The normalized spacial score (nSPS) is 28.4. The van der Waals surface area contributed by atoms with Crippen LogP contribution < -0.4 is 0 Å². The Bertz CT molecular complexity index is 970. The van der Waals surface area contributed by atoms with Gasteiger partial charge in [-0.15, -0.1) is 0 Å². The summed E-state index contributed by atoms with van der Waals surface area (Å²) in [6.07, 6.45) is 2.82. The number of esters is 3. The van der Waals surface area contributed by atoms with Gasteiger partial charge in [-0.05, 0) is 84.5 Å². The van der Waals surface area contributed by atoms with Crippen molar-refractivity contribution in [3.63, 3.8) is 0 Å². The van der Waals surface area contributed by atoms with E-state index in [-0.39, 0.29) is 42.8 Å². The van der Waals surface area contributed by atoms with Crippen LogP contribution >= 0.6 is 0 Å². The monoisotopic (exact) mass is 581 g/mol. The Hall–Kier alpha value is -2.25. The van der Waals surface area contributed by atoms with E-state index >= 15 is 0 Å². The lowest BCUT2D eigenvalue weighted by atomic mass is 9.61. The third-order valence-corrected chi connectivity index (χ3v) is 10.5. The molecule has 236 valence electrons. The number of rotatable bonds is 13. The topological polar surface area (TPSA) is 116 Å². The summed E-state index contributed by atoms with van der Waals surface area (Å²) >= 11 is 0. The van der Waals surface area contributed by atoms with Crippen LogP contribution in [0, 0.1) is 45.3 Å². The van der Waals surface area contributed by atoms with Crippen molar-refractivity contribution in [3.05, 3.63) is 6.92 Å². The average molecular weight is 582 g/mol. The molecule has 1 N–H and O–H groups in total. The predicted molar refractivity (Wildman–Crippen MR) is 159 cm³/mol. The summed E-state index contributed by atoms with van der Waals surface area (Å²) in [6.45, 7) is 24.8. The second kappa shape index (κ2) is 12.9. The molecule has 8 heteroatoms. The van der Waals surface area contributed by atoms with E-state index in [0.717, 1.165) is 19.3 Å². The van der Waals surface area contributed by atoms with E-state index in [1.165, 1.54) is 7.11 Å². The second-order valence-corrected chi connectivity index (χ2v) is 14.1. The minimum absolute atomic E-state index is 0.0409. The Morgan fingerprint density at radius 2 is 1.41 bits per heavy atom. The van der Waals surface area contributed by atoms with E-state index in [9.17, 15) is 24.3 Å². The zero-order chi connectivity index (χ0) is 32.2. The van der Waals surface area contributed by atoms with Gasteiger partial charge in [0.2, 0.25) is 0 Å². The number of carboxylic acid groups (broad SMARTS) is 1. The summed E-state index contributed by atoms with van der Waals surface area (Å²) in [5.41, 5.74) is -5.34. The summed E-state index contributed by atoms with van der Waals surface area (Å²) in [5.74, 6) is -2.27. The van der Waals surface area contributed by atoms with Gasteiger partial charge in [0.25, 0.3) is 0 Å². The van der Waals surface area contributed by atoms with Crippen LogP contribution in [-0.2, 0) is 33.4 Å². The SMILES string of the molecule is CC.[CH2+]C(C)(CC(C)(CC(C)(CC(C)(CC)C(=O)OC1CC2CCC1(C)C2(C)C)C(=O)O)C(=O)OC)C(=O)OCC. The molecular formula is C33H57O8+. The van der Waals surface area contributed by atoms with Gasteiger partial charge in [0.15, 0.2) is 5.41 Å². The first-order valence-corrected chi connectivity index (χ1v) is 15.2. The van der Waals surface area contributed by atoms with Crippen LogP contribution in [0.5, 0.6) is 0 Å². The molecule has 2 bridgehead atoms. The van der Waals surface area contributed by atoms with Gasteiger partial charge in [0, 0.05) is 11.8 Å². The van der Waals surface area contributed by atoms with Gasteiger partial charge in [-0.3, -0.25) is 14.4 Å². The van der Waals surface area contributed by atoms with Gasteiger partial charge in [-0.1, -0.05) is 41.5 Å². The Balaban J connectivity index is 0.00000411. The quantitative estimate of drug-likeness (QED) is 0.140. The van der Waals surface area contributed by atoms with Crippen molar-refractivity contribution in [2.75, 3.05) is 13.7 Å². The lowest BCUT2D eigenvalue weighted by Crippen LogP contribution is -2.47. The zero-order valence-electron chi connectivity index (χ0n) is 27.8. The molecular weight excluding hydrogens is 524 g/mol. The van der Waals surface area contributed by atoms with Crippen molar-refractivity contribution >= 4 is 23.9 Å². The summed E-state index contributed by atoms with van der Waals surface area (Å²) in [7, 11) is 1.23. The van der Waals surface area contributed by atoms with Crippen molar-refractivity contribution in [1.29, 1.82) is 0 Å². The van der Waals surface area contributed by atoms with E-state index in [4.69, 9.17) is 14.2 Å². The van der Waals surface area contributed by atoms with Gasteiger partial charge in [0.1, 0.15) is 6.10 Å². The first-order valence-electron chi connectivity index (χ1n) is 15.2. The fourth-order valence-electron chi connectivity index (χ4n) is 7.55. The van der Waals surface area contributed by atoms with Gasteiger partial charge in [0.05, 0.1) is 36.9 Å². The Kier molecular flexibility index (Phi) is 11.6. The molecule has 41 heavy (non-hydrogen) atoms. The highest BCUT2D eigenvalue weighted by molar-refractivity contribution is 5.83. The third-order valence-electron chi connectivity index (χ3n) is 10.5. The van der Waals surface area contributed by atoms with Crippen molar-refractivity contribution in [1.82, 2.24) is 0 Å². The van der Waals surface area contributed by atoms with Crippen LogP contribution in [0.25, 0.3) is 0 Å². The molecule has 0 aromatic heterocycles. The molecule has 0 saturated heterocycles. The second-order valence-electron chi connectivity index (χ2n) is 14.1. The molecule has 2 fully saturated rings. The smallest absolute Gasteiger partial charge is 0.357 e. The molecule has 0 heterocycles. The average Bonchev–Trinajstić information content (AvgIpc) is 3.22. The molecule has 0 spiro atoms. The number of aliphatic carboxylic acids is 1. The number of hydrogen-bond acceptors (Lipinski definition) is 7. The lowest BCUT2D eigenvalue weighted by Gasteiger charge is -2.42. The first kappa shape index (κ1) is 36.8. The number of carboxylic acids is 1. The molecule has 0 aliphatic heterocycles. The molecule has 0 aromatic carbocycles. The molecule has 2 saturated carbocycles. The van der Waals surface area contributed by atoms with E-state index < -0.39 is 45.5 Å². The molecule has 7 atom stereocenters. The zero-order valence-corrected chi connectivity index (χ0v) is 27.8. The molecule has 2 aliphatic carbocycles. The predicted octanol–water partition coefficient (Wildman–Crippen LogP) is 7.03. The largest absolute Gasteiger partial charge is 0.481 e. The minimum Gasteiger partial charge on any atom is -0.481 e. The Labute approximate surface area is 248 Å². The number of methoxy groups -OCH3 is 1. The van der Waals surface area contributed by atoms with Crippen molar-refractivity contribution < 1.29 is 38.5 Å². The van der Waals surface area contributed by atoms with Crippen LogP contribution in [0.15, 0.2) is 0 Å². The van der Waals surface area contributed by atoms with E-state index in [1.54, 1.807) is 34.6 Å². The summed E-state index contributed by atoms with van der Waals surface area (Å²) in [5, 5.41) is 10.5. The standard InChI is InChI=1S/C31H50O8.C2H6/c1-12-28(7,25(36)39-21-16-20-14-15-31(21,10)27(20,5)6)18-29(8,22(32)33)19-30(9,24(35)37-11)17-26(3,4)23(34)38-13-2;1-2/h20-21H,3,12-19H2,1-2,4-11H3;1-2H3/p+1. The highest BCUT2D eigenvalue weighted by Crippen LogP contribution is 2.66. The minimum atomic E-state index is -1.50. The van der Waals surface area contributed by atoms with E-state index in [0.29, 0.717) is 12.3 Å². The van der Waals surface area contributed by atoms with Gasteiger partial charge >= 0.3 is 23.9 Å². The number of carbonyl (C=O) groups is 4. The molecule has 8 nitrogen and oxygen atoms in total. The number of fused-ring (bicyclic) bond motifs is 2. The maximum Gasteiger partial charge on any atom is 0.357 e. The fraction of sp³-hybridized carbons (Fsp3) is 0.848. The van der Waals surface area contributed by atoms with Crippen LogP contribution in [0.4, 0.5) is 0 Å². The number of carbonyl (C=O) groups excluding carboxylic acids is 3. The Morgan fingerprint density at radius 3 is 1.80 bits per heavy atom. The van der Waals surface area contributed by atoms with Crippen LogP contribution in [0.1, 0.15) is 121 Å². The summed E-state index contributed by atoms with van der Waals surface area (Å²) in [6, 6.07) is 0. The molecule has 2 rings (SSSR count). The third kappa shape index (κ3) is 7.05. The summed E-state index contributed by atoms with van der Waals surface area (Å²) in [4.78, 5) is 52.2. The number of ether oxygens (including phenoxy) is 3. The highest BCUT2D eigenvalue weighted by Gasteiger charge is 2.63. The molecule has 7 unspecified atom stereocenters. The first-order chi connectivity index (χ1) is 18.7. The molecule has 0 radical (unpaired) electrons. The highest BCUT2D eigenvalue weighted by atomic mass is 16.5. The number of hydrogen-bond donors (Lipinski definition) is 1. The van der Waals surface area contributed by atoms with Crippen LogP contribution in [0.3, 0.4) is 0 Å². The van der Waals surface area contributed by atoms with Crippen molar-refractivity contribution in [2.24, 2.45) is 38.4 Å². The summed E-state index contributed by atoms with van der Waals surface area (Å²) < 4.78 is 16.4. The molecule has 2 aliphatic rings. The lowest BCUT2D eigenvalue weighted by molar-refractivity contribution is -0.174. The van der Waals surface area contributed by atoms with Crippen molar-refractivity contribution in [2.45, 2.75) is 127 Å². The molecule has 0 aromatic rings. The van der Waals surface area contributed by atoms with Crippen molar-refractivity contribution in [3.8, 4) is 0 Å². The maximum absolute atomic E-state index is 13.7. The Morgan fingerprint density at radius 1 is 0.878 bits per heavy atom. The molecule has 0 amide bonds. The van der Waals surface area contributed by atoms with Gasteiger partial charge in [-0.2, -0.15) is 0 Å². The van der Waals surface area contributed by atoms with E-state index in [1.807, 2.05) is 20.8 Å². The van der Waals surface area contributed by atoms with Crippen LogP contribution in [-0.4, -0.2) is 48.8 Å². The van der Waals surface area contributed by atoms with Gasteiger partial charge < -0.3 is 19.3 Å². The van der Waals surface area contributed by atoms with Crippen LogP contribution in [0.2, 0.25) is 0 Å².